The maximum atomic E-state index is 12.5. The summed E-state index contributed by atoms with van der Waals surface area (Å²) < 4.78 is 5.31. The lowest BCUT2D eigenvalue weighted by Crippen LogP contribution is -2.59. The fourth-order valence-corrected chi connectivity index (χ4v) is 3.74. The van der Waals surface area contributed by atoms with Crippen molar-refractivity contribution >= 4 is 53.9 Å². The van der Waals surface area contributed by atoms with Gasteiger partial charge in [-0.25, -0.2) is 0 Å². The van der Waals surface area contributed by atoms with Gasteiger partial charge in [-0.2, -0.15) is 0 Å². The van der Waals surface area contributed by atoms with Gasteiger partial charge in [0.1, 0.15) is 0 Å². The molecule has 0 saturated carbocycles. The van der Waals surface area contributed by atoms with E-state index in [4.69, 9.17) is 33.7 Å². The van der Waals surface area contributed by atoms with Gasteiger partial charge in [-0.3, -0.25) is 9.69 Å². The maximum absolute atomic E-state index is 12.5. The molecule has 0 aliphatic carbocycles. The van der Waals surface area contributed by atoms with Crippen molar-refractivity contribution in [2.45, 2.75) is 43.8 Å². The van der Waals surface area contributed by atoms with Gasteiger partial charge in [0.15, 0.2) is 0 Å². The van der Waals surface area contributed by atoms with E-state index in [2.05, 4.69) is 10.2 Å². The summed E-state index contributed by atoms with van der Waals surface area (Å²) >= 11 is 12.0. The van der Waals surface area contributed by atoms with Gasteiger partial charge in [0.05, 0.1) is 15.6 Å². The van der Waals surface area contributed by atoms with Crippen molar-refractivity contribution in [2.75, 3.05) is 26.3 Å². The summed E-state index contributed by atoms with van der Waals surface area (Å²) in [4.78, 5) is 14.9. The zero-order chi connectivity index (χ0) is 17.9. The van der Waals surface area contributed by atoms with E-state index in [1.54, 1.807) is 0 Å². The van der Waals surface area contributed by atoms with Crippen molar-refractivity contribution in [2.24, 2.45) is 5.73 Å². The highest BCUT2D eigenvalue weighted by atomic mass is 35.5. The van der Waals surface area contributed by atoms with Crippen molar-refractivity contribution in [1.29, 1.82) is 0 Å². The SMILES string of the molecule is Cl.Cl.NC1(C(=O)NC2CCN(Cc3ccc(Cl)c(Cl)c3)CC2)CCOCC1. The zero-order valence-corrected chi connectivity index (χ0v) is 18.2. The van der Waals surface area contributed by atoms with Gasteiger partial charge in [0, 0.05) is 38.9 Å². The van der Waals surface area contributed by atoms with Crippen molar-refractivity contribution in [3.05, 3.63) is 33.8 Å². The van der Waals surface area contributed by atoms with Crippen LogP contribution in [-0.4, -0.2) is 48.7 Å². The third-order valence-corrected chi connectivity index (χ3v) is 5.89. The Balaban J connectivity index is 0.00000182. The number of carbonyl (C=O) groups is 1. The smallest absolute Gasteiger partial charge is 0.240 e. The Hall–Kier alpha value is -0.270. The van der Waals surface area contributed by atoms with Crippen LogP contribution >= 0.6 is 48.0 Å². The van der Waals surface area contributed by atoms with E-state index in [1.165, 1.54) is 0 Å². The Morgan fingerprint density at radius 3 is 2.41 bits per heavy atom. The number of nitrogens with one attached hydrogen (secondary N) is 1. The second-order valence-electron chi connectivity index (χ2n) is 7.04. The van der Waals surface area contributed by atoms with Crippen LogP contribution < -0.4 is 11.1 Å². The van der Waals surface area contributed by atoms with Gasteiger partial charge >= 0.3 is 0 Å². The molecule has 154 valence electrons. The quantitative estimate of drug-likeness (QED) is 0.725. The number of carbonyl (C=O) groups excluding carboxylic acids is 1. The fourth-order valence-electron chi connectivity index (χ4n) is 3.42. The van der Waals surface area contributed by atoms with Crippen LogP contribution in [0.1, 0.15) is 31.2 Å². The Kier molecular flexibility index (Phi) is 10.1. The average Bonchev–Trinajstić information content (AvgIpc) is 2.60. The molecule has 0 unspecified atom stereocenters. The van der Waals surface area contributed by atoms with Crippen LogP contribution in [0.15, 0.2) is 18.2 Å². The van der Waals surface area contributed by atoms with Crippen molar-refractivity contribution < 1.29 is 9.53 Å². The molecular weight excluding hydrogens is 432 g/mol. The lowest BCUT2D eigenvalue weighted by molar-refractivity contribution is -0.130. The standard InChI is InChI=1S/C18H25Cl2N3O2.2ClH/c19-15-2-1-13(11-16(15)20)12-23-7-3-14(4-8-23)22-17(24)18(21)5-9-25-10-6-18;;/h1-2,11,14H,3-10,12,21H2,(H,22,24);2*1H. The molecule has 1 amide bonds. The van der Waals surface area contributed by atoms with Gasteiger partial charge in [-0.1, -0.05) is 29.3 Å². The molecule has 0 spiro atoms. The predicted octanol–water partition coefficient (Wildman–Crippen LogP) is 3.43. The summed E-state index contributed by atoms with van der Waals surface area (Å²) in [7, 11) is 0. The van der Waals surface area contributed by atoms with Crippen molar-refractivity contribution in [1.82, 2.24) is 10.2 Å². The first-order valence-electron chi connectivity index (χ1n) is 8.80. The number of ether oxygens (including phenoxy) is 1. The van der Waals surface area contributed by atoms with E-state index >= 15 is 0 Å². The molecule has 2 heterocycles. The molecule has 1 aromatic carbocycles. The Morgan fingerprint density at radius 2 is 1.81 bits per heavy atom. The number of likely N-dealkylation sites (tertiary alicyclic amines) is 1. The molecule has 9 heteroatoms. The molecule has 0 bridgehead atoms. The molecule has 1 aromatic rings. The van der Waals surface area contributed by atoms with Gasteiger partial charge in [0.2, 0.25) is 5.91 Å². The van der Waals surface area contributed by atoms with Crippen molar-refractivity contribution in [3.8, 4) is 0 Å². The molecule has 3 N–H and O–H groups in total. The zero-order valence-electron chi connectivity index (χ0n) is 15.1. The van der Waals surface area contributed by atoms with Crippen LogP contribution in [0.4, 0.5) is 0 Å². The molecule has 0 radical (unpaired) electrons. The molecule has 0 atom stereocenters. The van der Waals surface area contributed by atoms with E-state index in [0.717, 1.165) is 38.0 Å². The van der Waals surface area contributed by atoms with E-state index in [-0.39, 0.29) is 36.8 Å². The molecule has 5 nitrogen and oxygen atoms in total. The topological polar surface area (TPSA) is 67.6 Å². The molecule has 2 aliphatic rings. The second-order valence-corrected chi connectivity index (χ2v) is 7.86. The summed E-state index contributed by atoms with van der Waals surface area (Å²) in [5.74, 6) is -0.0290. The van der Waals surface area contributed by atoms with Crippen LogP contribution in [0.25, 0.3) is 0 Å². The van der Waals surface area contributed by atoms with E-state index < -0.39 is 5.54 Å². The fraction of sp³-hybridized carbons (Fsp3) is 0.611. The highest BCUT2D eigenvalue weighted by Crippen LogP contribution is 2.24. The highest BCUT2D eigenvalue weighted by Gasteiger charge is 2.37. The number of hydrogen-bond acceptors (Lipinski definition) is 4. The van der Waals surface area contributed by atoms with E-state index in [9.17, 15) is 4.79 Å². The average molecular weight is 459 g/mol. The summed E-state index contributed by atoms with van der Waals surface area (Å²) in [6, 6.07) is 5.95. The first-order chi connectivity index (χ1) is 12.0. The van der Waals surface area contributed by atoms with Gasteiger partial charge < -0.3 is 15.8 Å². The summed E-state index contributed by atoms with van der Waals surface area (Å²) in [6.45, 7) is 3.84. The first-order valence-corrected chi connectivity index (χ1v) is 9.56. The minimum absolute atomic E-state index is 0. The Bertz CT molecular complexity index is 619. The molecule has 2 fully saturated rings. The highest BCUT2D eigenvalue weighted by molar-refractivity contribution is 6.42. The minimum atomic E-state index is -0.768. The van der Waals surface area contributed by atoms with Crippen LogP contribution in [0, 0.1) is 0 Å². The number of nitrogens with two attached hydrogens (primary N) is 1. The van der Waals surface area contributed by atoms with E-state index in [1.807, 2.05) is 18.2 Å². The lowest BCUT2D eigenvalue weighted by Gasteiger charge is -2.36. The van der Waals surface area contributed by atoms with Gasteiger partial charge in [-0.15, -0.1) is 24.8 Å². The third kappa shape index (κ3) is 6.64. The molecule has 27 heavy (non-hydrogen) atoms. The summed E-state index contributed by atoms with van der Waals surface area (Å²) in [5, 5.41) is 4.31. The van der Waals surface area contributed by atoms with E-state index in [0.29, 0.717) is 36.1 Å². The maximum Gasteiger partial charge on any atom is 0.240 e. The number of piperidine rings is 1. The largest absolute Gasteiger partial charge is 0.381 e. The molecule has 2 saturated heterocycles. The predicted molar refractivity (Wildman–Crippen MR) is 114 cm³/mol. The number of rotatable bonds is 4. The normalized spacial score (nSPS) is 20.3. The summed E-state index contributed by atoms with van der Waals surface area (Å²) in [6.07, 6.45) is 3.04. The van der Waals surface area contributed by atoms with Crippen molar-refractivity contribution in [3.63, 3.8) is 0 Å². The number of amides is 1. The summed E-state index contributed by atoms with van der Waals surface area (Å²) in [5.41, 5.74) is 6.63. The number of halogens is 4. The number of hydrogen-bond donors (Lipinski definition) is 2. The molecule has 0 aromatic heterocycles. The molecule has 3 rings (SSSR count). The lowest BCUT2D eigenvalue weighted by atomic mass is 9.89. The Morgan fingerprint density at radius 1 is 1.19 bits per heavy atom. The minimum Gasteiger partial charge on any atom is -0.381 e. The monoisotopic (exact) mass is 457 g/mol. The van der Waals surface area contributed by atoms with Crippen LogP contribution in [0.2, 0.25) is 10.0 Å². The van der Waals surface area contributed by atoms with Gasteiger partial charge in [-0.05, 0) is 43.4 Å². The van der Waals surface area contributed by atoms with Crippen LogP contribution in [0.5, 0.6) is 0 Å². The molecular formula is C18H27Cl4N3O2. The molecule has 2 aliphatic heterocycles. The van der Waals surface area contributed by atoms with Crippen LogP contribution in [0.3, 0.4) is 0 Å². The third-order valence-electron chi connectivity index (χ3n) is 5.15. The number of benzene rings is 1. The first kappa shape index (κ1) is 24.8. The Labute approximate surface area is 183 Å². The second kappa shape index (κ2) is 11.1. The van der Waals surface area contributed by atoms with Gasteiger partial charge in [0.25, 0.3) is 0 Å². The number of nitrogens with zero attached hydrogens (tertiary/aromatic N) is 1. The van der Waals surface area contributed by atoms with Crippen LogP contribution in [-0.2, 0) is 16.1 Å².